The highest BCUT2D eigenvalue weighted by molar-refractivity contribution is 5.52. The Morgan fingerprint density at radius 1 is 1.36 bits per heavy atom. The third kappa shape index (κ3) is 2.62. The second-order valence-electron chi connectivity index (χ2n) is 3.74. The van der Waals surface area contributed by atoms with E-state index in [2.05, 4.69) is 31.1 Å². The predicted octanol–water partition coefficient (Wildman–Crippen LogP) is 2.55. The molecule has 3 heteroatoms. The van der Waals surface area contributed by atoms with Gasteiger partial charge in [-0.15, -0.1) is 0 Å². The van der Waals surface area contributed by atoms with Gasteiger partial charge in [-0.1, -0.05) is 13.8 Å². The van der Waals surface area contributed by atoms with Crippen LogP contribution >= 0.6 is 0 Å². The SMILES string of the molecule is COc1ncccc1N[C@H](C)C(C)C. The summed E-state index contributed by atoms with van der Waals surface area (Å²) < 4.78 is 5.15. The zero-order chi connectivity index (χ0) is 10.6. The Bertz CT molecular complexity index is 286. The van der Waals surface area contributed by atoms with E-state index in [0.29, 0.717) is 17.8 Å². The smallest absolute Gasteiger partial charge is 0.237 e. The summed E-state index contributed by atoms with van der Waals surface area (Å²) in [4.78, 5) is 4.12. The molecule has 1 aromatic rings. The van der Waals surface area contributed by atoms with Crippen LogP contribution in [0.15, 0.2) is 18.3 Å². The summed E-state index contributed by atoms with van der Waals surface area (Å²) in [6.45, 7) is 6.51. The van der Waals surface area contributed by atoms with Crippen LogP contribution in [0.25, 0.3) is 0 Å². The molecule has 0 spiro atoms. The quantitative estimate of drug-likeness (QED) is 0.799. The van der Waals surface area contributed by atoms with E-state index in [1.54, 1.807) is 13.3 Å². The molecule has 0 saturated heterocycles. The molecule has 0 bridgehead atoms. The molecule has 1 N–H and O–H groups in total. The minimum Gasteiger partial charge on any atom is -0.480 e. The molecule has 1 heterocycles. The fourth-order valence-electron chi connectivity index (χ4n) is 1.08. The summed E-state index contributed by atoms with van der Waals surface area (Å²) in [6.07, 6.45) is 1.73. The van der Waals surface area contributed by atoms with Crippen LogP contribution in [-0.4, -0.2) is 18.1 Å². The first-order valence-corrected chi connectivity index (χ1v) is 4.90. The Morgan fingerprint density at radius 2 is 2.07 bits per heavy atom. The average molecular weight is 194 g/mol. The predicted molar refractivity (Wildman–Crippen MR) is 58.7 cm³/mol. The molecule has 14 heavy (non-hydrogen) atoms. The standard InChI is InChI=1S/C11H18N2O/c1-8(2)9(3)13-10-6-5-7-12-11(10)14-4/h5-9,13H,1-4H3/t9-/m1/s1. The summed E-state index contributed by atoms with van der Waals surface area (Å²) >= 11 is 0. The van der Waals surface area contributed by atoms with Gasteiger partial charge in [-0.25, -0.2) is 4.98 Å². The van der Waals surface area contributed by atoms with Crippen LogP contribution in [0.5, 0.6) is 5.88 Å². The molecule has 0 radical (unpaired) electrons. The highest BCUT2D eigenvalue weighted by atomic mass is 16.5. The van der Waals surface area contributed by atoms with E-state index in [-0.39, 0.29) is 0 Å². The maximum Gasteiger partial charge on any atom is 0.237 e. The Labute approximate surface area is 85.5 Å². The van der Waals surface area contributed by atoms with Crippen molar-refractivity contribution in [2.24, 2.45) is 5.92 Å². The number of hydrogen-bond donors (Lipinski definition) is 1. The number of pyridine rings is 1. The van der Waals surface area contributed by atoms with Crippen LogP contribution < -0.4 is 10.1 Å². The van der Waals surface area contributed by atoms with Gasteiger partial charge in [0.1, 0.15) is 0 Å². The summed E-state index contributed by atoms with van der Waals surface area (Å²) in [7, 11) is 1.63. The molecule has 1 aromatic heterocycles. The molecule has 0 amide bonds. The van der Waals surface area contributed by atoms with Gasteiger partial charge in [0.2, 0.25) is 5.88 Å². The molecule has 1 rings (SSSR count). The molecule has 0 unspecified atom stereocenters. The van der Waals surface area contributed by atoms with E-state index < -0.39 is 0 Å². The molecular formula is C11H18N2O. The first-order valence-electron chi connectivity index (χ1n) is 4.90. The molecule has 3 nitrogen and oxygen atoms in total. The summed E-state index contributed by atoms with van der Waals surface area (Å²) in [5.41, 5.74) is 0.955. The lowest BCUT2D eigenvalue weighted by atomic mass is 10.1. The van der Waals surface area contributed by atoms with Gasteiger partial charge in [-0.3, -0.25) is 0 Å². The van der Waals surface area contributed by atoms with E-state index in [1.807, 2.05) is 12.1 Å². The van der Waals surface area contributed by atoms with Gasteiger partial charge in [-0.05, 0) is 25.0 Å². The van der Waals surface area contributed by atoms with Crippen molar-refractivity contribution in [2.75, 3.05) is 12.4 Å². The van der Waals surface area contributed by atoms with Crippen LogP contribution in [-0.2, 0) is 0 Å². The van der Waals surface area contributed by atoms with Gasteiger partial charge in [0, 0.05) is 12.2 Å². The minimum atomic E-state index is 0.410. The summed E-state index contributed by atoms with van der Waals surface area (Å²) in [5.74, 6) is 1.24. The molecular weight excluding hydrogens is 176 g/mol. The Morgan fingerprint density at radius 3 is 2.64 bits per heavy atom. The van der Waals surface area contributed by atoms with Gasteiger partial charge in [0.05, 0.1) is 12.8 Å². The summed E-state index contributed by atoms with van der Waals surface area (Å²) in [5, 5.41) is 3.37. The number of nitrogens with zero attached hydrogens (tertiary/aromatic N) is 1. The van der Waals surface area contributed by atoms with Gasteiger partial charge >= 0.3 is 0 Å². The largest absolute Gasteiger partial charge is 0.480 e. The molecule has 0 aromatic carbocycles. The molecule has 78 valence electrons. The van der Waals surface area contributed by atoms with Crippen molar-refractivity contribution >= 4 is 5.69 Å². The van der Waals surface area contributed by atoms with Gasteiger partial charge < -0.3 is 10.1 Å². The molecule has 0 fully saturated rings. The Balaban J connectivity index is 2.75. The fourth-order valence-corrected chi connectivity index (χ4v) is 1.08. The minimum absolute atomic E-state index is 0.410. The third-order valence-electron chi connectivity index (χ3n) is 2.35. The van der Waals surface area contributed by atoms with Gasteiger partial charge in [0.25, 0.3) is 0 Å². The van der Waals surface area contributed by atoms with Crippen molar-refractivity contribution in [3.05, 3.63) is 18.3 Å². The van der Waals surface area contributed by atoms with E-state index in [0.717, 1.165) is 5.69 Å². The zero-order valence-corrected chi connectivity index (χ0v) is 9.24. The lowest BCUT2D eigenvalue weighted by Crippen LogP contribution is -2.21. The first kappa shape index (κ1) is 10.8. The molecule has 0 aliphatic carbocycles. The highest BCUT2D eigenvalue weighted by Gasteiger charge is 2.09. The monoisotopic (exact) mass is 194 g/mol. The molecule has 0 aliphatic rings. The fraction of sp³-hybridized carbons (Fsp3) is 0.545. The van der Waals surface area contributed by atoms with Crippen molar-refractivity contribution < 1.29 is 4.74 Å². The maximum atomic E-state index is 5.15. The highest BCUT2D eigenvalue weighted by Crippen LogP contribution is 2.21. The van der Waals surface area contributed by atoms with Crippen molar-refractivity contribution in [1.82, 2.24) is 4.98 Å². The van der Waals surface area contributed by atoms with E-state index in [1.165, 1.54) is 0 Å². The van der Waals surface area contributed by atoms with E-state index >= 15 is 0 Å². The number of methoxy groups -OCH3 is 1. The number of ether oxygens (including phenoxy) is 1. The van der Waals surface area contributed by atoms with Crippen molar-refractivity contribution in [2.45, 2.75) is 26.8 Å². The molecule has 0 aliphatic heterocycles. The number of anilines is 1. The van der Waals surface area contributed by atoms with Crippen molar-refractivity contribution in [3.63, 3.8) is 0 Å². The Hall–Kier alpha value is -1.25. The maximum absolute atomic E-state index is 5.15. The van der Waals surface area contributed by atoms with E-state index in [9.17, 15) is 0 Å². The van der Waals surface area contributed by atoms with Crippen LogP contribution in [0.4, 0.5) is 5.69 Å². The molecule has 1 atom stereocenters. The lowest BCUT2D eigenvalue weighted by molar-refractivity contribution is 0.398. The zero-order valence-electron chi connectivity index (χ0n) is 9.24. The first-order chi connectivity index (χ1) is 6.65. The van der Waals surface area contributed by atoms with Crippen LogP contribution in [0.3, 0.4) is 0 Å². The van der Waals surface area contributed by atoms with E-state index in [4.69, 9.17) is 4.74 Å². The van der Waals surface area contributed by atoms with Gasteiger partial charge in [0.15, 0.2) is 0 Å². The van der Waals surface area contributed by atoms with Crippen molar-refractivity contribution in [3.8, 4) is 5.88 Å². The van der Waals surface area contributed by atoms with Crippen LogP contribution in [0.2, 0.25) is 0 Å². The number of nitrogens with one attached hydrogen (secondary N) is 1. The topological polar surface area (TPSA) is 34.1 Å². The Kier molecular flexibility index (Phi) is 3.74. The number of hydrogen-bond acceptors (Lipinski definition) is 3. The number of rotatable bonds is 4. The third-order valence-corrected chi connectivity index (χ3v) is 2.35. The van der Waals surface area contributed by atoms with Crippen molar-refractivity contribution in [1.29, 1.82) is 0 Å². The second kappa shape index (κ2) is 4.84. The van der Waals surface area contributed by atoms with Gasteiger partial charge in [-0.2, -0.15) is 0 Å². The summed E-state index contributed by atoms with van der Waals surface area (Å²) in [6, 6.07) is 4.29. The lowest BCUT2D eigenvalue weighted by Gasteiger charge is -2.19. The van der Waals surface area contributed by atoms with Crippen LogP contribution in [0, 0.1) is 5.92 Å². The van der Waals surface area contributed by atoms with Crippen LogP contribution in [0.1, 0.15) is 20.8 Å². The average Bonchev–Trinajstić information content (AvgIpc) is 2.18. The number of aromatic nitrogens is 1. The normalized spacial score (nSPS) is 12.6. The molecule has 0 saturated carbocycles. The second-order valence-corrected chi connectivity index (χ2v) is 3.74.